The Morgan fingerprint density at radius 3 is 2.88 bits per heavy atom. The van der Waals surface area contributed by atoms with Crippen molar-refractivity contribution in [2.24, 2.45) is 5.92 Å². The van der Waals surface area contributed by atoms with Crippen LogP contribution in [0.5, 0.6) is 0 Å². The first-order valence-corrected chi connectivity index (χ1v) is 6.12. The van der Waals surface area contributed by atoms with Crippen LogP contribution in [0.25, 0.3) is 0 Å². The quantitative estimate of drug-likeness (QED) is 0.788. The van der Waals surface area contributed by atoms with Crippen molar-refractivity contribution in [3.63, 3.8) is 0 Å². The van der Waals surface area contributed by atoms with Crippen LogP contribution in [0.2, 0.25) is 0 Å². The molecule has 1 aliphatic carbocycles. The van der Waals surface area contributed by atoms with E-state index in [2.05, 4.69) is 26.2 Å². The van der Waals surface area contributed by atoms with Crippen molar-refractivity contribution in [3.8, 4) is 0 Å². The molecule has 88 valence electrons. The van der Waals surface area contributed by atoms with Crippen molar-refractivity contribution >= 4 is 21.8 Å². The number of amides is 1. The third-order valence-electron chi connectivity index (χ3n) is 3.10. The molecule has 1 aliphatic rings. The number of aromatic amines is 1. The lowest BCUT2D eigenvalue weighted by Gasteiger charge is -2.28. The zero-order chi connectivity index (χ0) is 11.8. The number of halogens is 1. The van der Waals surface area contributed by atoms with Gasteiger partial charge in [0, 0.05) is 10.7 Å². The summed E-state index contributed by atoms with van der Waals surface area (Å²) in [6.45, 7) is 1.87. The van der Waals surface area contributed by atoms with Crippen LogP contribution in [0, 0.1) is 5.92 Å². The molecule has 1 amide bonds. The molecule has 1 heterocycles. The number of aromatic nitrogens is 1. The molecule has 0 unspecified atom stereocenters. The Bertz CT molecular complexity index is 400. The number of aliphatic hydroxyl groups is 1. The molecule has 1 atom stereocenters. The smallest absolute Gasteiger partial charge is 0.268 e. The van der Waals surface area contributed by atoms with Crippen LogP contribution < -0.4 is 5.32 Å². The normalized spacial score (nSPS) is 19.2. The SMILES string of the molecule is C[C@@](CO)(NC(=O)c1cc(Br)c[nH]1)C1CC1. The first-order chi connectivity index (χ1) is 7.55. The highest BCUT2D eigenvalue weighted by Gasteiger charge is 2.42. The average Bonchev–Trinajstić information content (AvgIpc) is 3.02. The van der Waals surface area contributed by atoms with E-state index in [1.54, 1.807) is 12.3 Å². The Balaban J connectivity index is 2.06. The van der Waals surface area contributed by atoms with Crippen molar-refractivity contribution in [1.29, 1.82) is 0 Å². The van der Waals surface area contributed by atoms with Crippen LogP contribution in [-0.4, -0.2) is 28.1 Å². The van der Waals surface area contributed by atoms with Gasteiger partial charge in [0.2, 0.25) is 0 Å². The molecule has 4 nitrogen and oxygen atoms in total. The summed E-state index contributed by atoms with van der Waals surface area (Å²) in [6, 6.07) is 1.72. The number of hydrogen-bond acceptors (Lipinski definition) is 2. The number of H-pyrrole nitrogens is 1. The lowest BCUT2D eigenvalue weighted by Crippen LogP contribution is -2.50. The second kappa shape index (κ2) is 4.22. The van der Waals surface area contributed by atoms with E-state index in [0.717, 1.165) is 17.3 Å². The van der Waals surface area contributed by atoms with E-state index >= 15 is 0 Å². The molecule has 1 aromatic heterocycles. The van der Waals surface area contributed by atoms with Crippen LogP contribution in [0.15, 0.2) is 16.7 Å². The van der Waals surface area contributed by atoms with Crippen LogP contribution in [0.4, 0.5) is 0 Å². The minimum atomic E-state index is -0.491. The number of nitrogens with one attached hydrogen (secondary N) is 2. The summed E-state index contributed by atoms with van der Waals surface area (Å²) < 4.78 is 0.842. The first kappa shape index (κ1) is 11.7. The van der Waals surface area contributed by atoms with Gasteiger partial charge in [-0.05, 0) is 47.7 Å². The Hall–Kier alpha value is -0.810. The van der Waals surface area contributed by atoms with Crippen molar-refractivity contribution in [2.75, 3.05) is 6.61 Å². The van der Waals surface area contributed by atoms with E-state index in [9.17, 15) is 9.90 Å². The maximum atomic E-state index is 11.9. The van der Waals surface area contributed by atoms with Gasteiger partial charge in [0.05, 0.1) is 12.1 Å². The molecule has 1 aromatic rings. The maximum absolute atomic E-state index is 11.9. The van der Waals surface area contributed by atoms with Gasteiger partial charge < -0.3 is 15.4 Å². The summed E-state index contributed by atoms with van der Waals surface area (Å²) in [5, 5.41) is 12.3. The maximum Gasteiger partial charge on any atom is 0.268 e. The molecule has 0 aromatic carbocycles. The topological polar surface area (TPSA) is 65.1 Å². The molecule has 0 bridgehead atoms. The fourth-order valence-corrected chi connectivity index (χ4v) is 2.16. The number of carbonyl (C=O) groups is 1. The summed E-state index contributed by atoms with van der Waals surface area (Å²) in [5.74, 6) is 0.231. The van der Waals surface area contributed by atoms with E-state index in [1.165, 1.54) is 0 Å². The van der Waals surface area contributed by atoms with Crippen LogP contribution in [0.3, 0.4) is 0 Å². The fraction of sp³-hybridized carbons (Fsp3) is 0.545. The number of carbonyl (C=O) groups excluding carboxylic acids is 1. The number of rotatable bonds is 4. The van der Waals surface area contributed by atoms with Crippen molar-refractivity contribution in [1.82, 2.24) is 10.3 Å². The summed E-state index contributed by atoms with van der Waals surface area (Å²) in [4.78, 5) is 14.8. The van der Waals surface area contributed by atoms with Gasteiger partial charge in [0.1, 0.15) is 5.69 Å². The zero-order valence-corrected chi connectivity index (χ0v) is 10.7. The van der Waals surface area contributed by atoms with Gasteiger partial charge >= 0.3 is 0 Å². The van der Waals surface area contributed by atoms with E-state index in [4.69, 9.17) is 0 Å². The first-order valence-electron chi connectivity index (χ1n) is 5.32. The van der Waals surface area contributed by atoms with Gasteiger partial charge in [0.15, 0.2) is 0 Å². The van der Waals surface area contributed by atoms with Gasteiger partial charge in [-0.2, -0.15) is 0 Å². The Kier molecular flexibility index (Phi) is 3.08. The predicted octanol–water partition coefficient (Wildman–Crippen LogP) is 1.67. The Labute approximate surface area is 103 Å². The third-order valence-corrected chi connectivity index (χ3v) is 3.56. The number of aliphatic hydroxyl groups excluding tert-OH is 1. The average molecular weight is 287 g/mol. The van der Waals surface area contributed by atoms with E-state index in [-0.39, 0.29) is 12.5 Å². The van der Waals surface area contributed by atoms with Crippen molar-refractivity contribution < 1.29 is 9.90 Å². The van der Waals surface area contributed by atoms with Crippen LogP contribution in [-0.2, 0) is 0 Å². The molecule has 0 spiro atoms. The molecule has 0 aliphatic heterocycles. The minimum Gasteiger partial charge on any atom is -0.394 e. The highest BCUT2D eigenvalue weighted by Crippen LogP contribution is 2.39. The fourth-order valence-electron chi connectivity index (χ4n) is 1.82. The van der Waals surface area contributed by atoms with Gasteiger partial charge in [-0.3, -0.25) is 4.79 Å². The van der Waals surface area contributed by atoms with Gasteiger partial charge in [-0.15, -0.1) is 0 Å². The van der Waals surface area contributed by atoms with Gasteiger partial charge in [0.25, 0.3) is 5.91 Å². The molecular weight excluding hydrogens is 272 g/mol. The summed E-state index contributed by atoms with van der Waals surface area (Å²) in [7, 11) is 0. The van der Waals surface area contributed by atoms with Crippen molar-refractivity contribution in [2.45, 2.75) is 25.3 Å². The molecule has 2 rings (SSSR count). The second-order valence-electron chi connectivity index (χ2n) is 4.54. The highest BCUT2D eigenvalue weighted by atomic mass is 79.9. The molecule has 0 radical (unpaired) electrons. The lowest BCUT2D eigenvalue weighted by atomic mass is 9.97. The van der Waals surface area contributed by atoms with Crippen LogP contribution in [0.1, 0.15) is 30.3 Å². The van der Waals surface area contributed by atoms with Crippen LogP contribution >= 0.6 is 15.9 Å². The van der Waals surface area contributed by atoms with Gasteiger partial charge in [-0.1, -0.05) is 0 Å². The largest absolute Gasteiger partial charge is 0.394 e. The Morgan fingerprint density at radius 1 is 1.75 bits per heavy atom. The third kappa shape index (κ3) is 2.30. The number of hydrogen-bond donors (Lipinski definition) is 3. The molecule has 0 saturated heterocycles. The van der Waals surface area contributed by atoms with Gasteiger partial charge in [-0.25, -0.2) is 0 Å². The highest BCUT2D eigenvalue weighted by molar-refractivity contribution is 9.10. The molecule has 16 heavy (non-hydrogen) atoms. The minimum absolute atomic E-state index is 0.0225. The molecule has 1 saturated carbocycles. The van der Waals surface area contributed by atoms with E-state index < -0.39 is 5.54 Å². The molecule has 3 N–H and O–H groups in total. The second-order valence-corrected chi connectivity index (χ2v) is 5.45. The van der Waals surface area contributed by atoms with E-state index in [1.807, 2.05) is 6.92 Å². The van der Waals surface area contributed by atoms with E-state index in [0.29, 0.717) is 11.6 Å². The molecule has 5 heteroatoms. The van der Waals surface area contributed by atoms with Crippen molar-refractivity contribution in [3.05, 3.63) is 22.4 Å². The lowest BCUT2D eigenvalue weighted by molar-refractivity contribution is 0.0820. The zero-order valence-electron chi connectivity index (χ0n) is 9.09. The standard InChI is InChI=1S/C11H15BrN2O2/c1-11(6-15,7-2-3-7)14-10(16)9-4-8(12)5-13-9/h4-5,7,13,15H,2-3,6H2,1H3,(H,14,16)/t11-/m0/s1. The molecular formula is C11H15BrN2O2. The predicted molar refractivity (Wildman–Crippen MR) is 64.2 cm³/mol. The summed E-state index contributed by atoms with van der Waals surface area (Å²) >= 11 is 3.28. The summed E-state index contributed by atoms with van der Waals surface area (Å²) in [5.41, 5.74) is 0.0153. The monoisotopic (exact) mass is 286 g/mol. The Morgan fingerprint density at radius 2 is 2.44 bits per heavy atom. The summed E-state index contributed by atoms with van der Waals surface area (Å²) in [6.07, 6.45) is 3.86. The molecule has 1 fully saturated rings.